The molecule has 0 amide bonds. The van der Waals surface area contributed by atoms with Crippen molar-refractivity contribution in [1.82, 2.24) is 15.0 Å². The molecule has 150 valence electrons. The minimum absolute atomic E-state index is 0.160. The number of hydrogen-bond donors (Lipinski definition) is 1. The van der Waals surface area contributed by atoms with E-state index in [0.29, 0.717) is 30.5 Å². The Hall–Kier alpha value is -2.10. The molecule has 0 radical (unpaired) electrons. The molecular formula is C20H20Br2N6O. The van der Waals surface area contributed by atoms with Crippen LogP contribution >= 0.6 is 31.9 Å². The smallest absolute Gasteiger partial charge is 0.164 e. The second-order valence-electron chi connectivity index (χ2n) is 7.06. The number of hydrogen-bond acceptors (Lipinski definition) is 6. The maximum atomic E-state index is 6.22. The Balaban J connectivity index is 1.77. The first kappa shape index (κ1) is 20.2. The first-order valence-electron chi connectivity index (χ1n) is 9.23. The summed E-state index contributed by atoms with van der Waals surface area (Å²) >= 11 is 6.99. The van der Waals surface area contributed by atoms with E-state index < -0.39 is 0 Å². The fourth-order valence-corrected chi connectivity index (χ4v) is 4.01. The van der Waals surface area contributed by atoms with Gasteiger partial charge in [-0.1, -0.05) is 37.1 Å². The monoisotopic (exact) mass is 518 g/mol. The Morgan fingerprint density at radius 1 is 1.03 bits per heavy atom. The number of benzene rings is 2. The molecule has 7 nitrogen and oxygen atoms in total. The molecule has 1 fully saturated rings. The molecule has 2 atom stereocenters. The summed E-state index contributed by atoms with van der Waals surface area (Å²) in [6.45, 7) is 5.41. The molecule has 2 aromatic carbocycles. The van der Waals surface area contributed by atoms with Crippen LogP contribution in [0, 0.1) is 0 Å². The number of morpholine rings is 1. The Morgan fingerprint density at radius 2 is 1.72 bits per heavy atom. The van der Waals surface area contributed by atoms with Gasteiger partial charge in [0, 0.05) is 19.9 Å². The highest BCUT2D eigenvalue weighted by Gasteiger charge is 2.24. The summed E-state index contributed by atoms with van der Waals surface area (Å²) in [5, 5.41) is 11.8. The number of nitrogen functional groups attached to an aromatic ring is 1. The van der Waals surface area contributed by atoms with Crippen molar-refractivity contribution in [3.05, 3.63) is 45.3 Å². The Labute approximate surface area is 185 Å². The maximum absolute atomic E-state index is 6.22. The highest BCUT2D eigenvalue weighted by Crippen LogP contribution is 2.34. The lowest BCUT2D eigenvalue weighted by Gasteiger charge is -2.35. The lowest BCUT2D eigenvalue weighted by Crippen LogP contribution is -2.46. The number of halogens is 2. The third kappa shape index (κ3) is 4.26. The van der Waals surface area contributed by atoms with Gasteiger partial charge in [-0.15, -0.1) is 5.11 Å². The predicted octanol–water partition coefficient (Wildman–Crippen LogP) is 5.51. The van der Waals surface area contributed by atoms with Gasteiger partial charge in [-0.25, -0.2) is 9.97 Å². The molecule has 0 saturated carbocycles. The standard InChI is InChI=1S/C20H20Br2N6O/c1-11-9-29-10-12(2)28(11)27-26-18-6-4-14(22)8-16(18)20-24-17-5-3-13(21)7-15(17)19(23)25-20/h3-8,11-12H,9-10H2,1-2H3,(H2,23,24,25). The molecular weight excluding hydrogens is 500 g/mol. The van der Waals surface area contributed by atoms with Gasteiger partial charge in [0.25, 0.3) is 0 Å². The zero-order chi connectivity index (χ0) is 20.5. The van der Waals surface area contributed by atoms with E-state index in [1.807, 2.05) is 41.4 Å². The third-order valence-corrected chi connectivity index (χ3v) is 5.75. The van der Waals surface area contributed by atoms with Crippen molar-refractivity contribution < 1.29 is 4.74 Å². The zero-order valence-corrected chi connectivity index (χ0v) is 19.2. The van der Waals surface area contributed by atoms with Crippen molar-refractivity contribution in [1.29, 1.82) is 0 Å². The van der Waals surface area contributed by atoms with Gasteiger partial charge in [0.2, 0.25) is 0 Å². The minimum Gasteiger partial charge on any atom is -0.383 e. The summed E-state index contributed by atoms with van der Waals surface area (Å²) in [5.74, 6) is 0.931. The fraction of sp³-hybridized carbons (Fsp3) is 0.300. The van der Waals surface area contributed by atoms with E-state index in [-0.39, 0.29) is 12.1 Å². The highest BCUT2D eigenvalue weighted by molar-refractivity contribution is 9.10. The molecule has 2 heterocycles. The van der Waals surface area contributed by atoms with E-state index in [1.54, 1.807) is 0 Å². The largest absolute Gasteiger partial charge is 0.383 e. The van der Waals surface area contributed by atoms with Crippen molar-refractivity contribution in [3.8, 4) is 11.4 Å². The topological polar surface area (TPSA) is 89.0 Å². The van der Waals surface area contributed by atoms with E-state index in [9.17, 15) is 0 Å². The second-order valence-corrected chi connectivity index (χ2v) is 8.89. The molecule has 3 aromatic rings. The van der Waals surface area contributed by atoms with Crippen LogP contribution in [0.25, 0.3) is 22.3 Å². The van der Waals surface area contributed by atoms with E-state index in [1.165, 1.54) is 0 Å². The van der Waals surface area contributed by atoms with Crippen LogP contribution in [-0.2, 0) is 4.74 Å². The predicted molar refractivity (Wildman–Crippen MR) is 121 cm³/mol. The first-order chi connectivity index (χ1) is 13.9. The average molecular weight is 520 g/mol. The summed E-state index contributed by atoms with van der Waals surface area (Å²) in [6, 6.07) is 11.8. The number of ether oxygens (including phenoxy) is 1. The molecule has 1 aliphatic rings. The van der Waals surface area contributed by atoms with E-state index in [2.05, 4.69) is 61.0 Å². The first-order valence-corrected chi connectivity index (χ1v) is 10.8. The van der Waals surface area contributed by atoms with Gasteiger partial charge in [0.1, 0.15) is 5.82 Å². The van der Waals surface area contributed by atoms with Gasteiger partial charge in [-0.3, -0.25) is 5.01 Å². The molecule has 0 bridgehead atoms. The number of nitrogens with two attached hydrogens (primary N) is 1. The van der Waals surface area contributed by atoms with Crippen molar-refractivity contribution in [3.63, 3.8) is 0 Å². The van der Waals surface area contributed by atoms with Crippen molar-refractivity contribution in [2.75, 3.05) is 18.9 Å². The molecule has 9 heteroatoms. The number of rotatable bonds is 3. The maximum Gasteiger partial charge on any atom is 0.164 e. The summed E-state index contributed by atoms with van der Waals surface area (Å²) in [4.78, 5) is 9.23. The molecule has 29 heavy (non-hydrogen) atoms. The van der Waals surface area contributed by atoms with E-state index in [0.717, 1.165) is 25.4 Å². The van der Waals surface area contributed by atoms with Crippen LogP contribution in [0.4, 0.5) is 11.5 Å². The van der Waals surface area contributed by atoms with Gasteiger partial charge < -0.3 is 10.5 Å². The SMILES string of the molecule is CC1COCC(C)N1N=Nc1ccc(Br)cc1-c1nc(N)c2cc(Br)ccc2n1. The highest BCUT2D eigenvalue weighted by atomic mass is 79.9. The van der Waals surface area contributed by atoms with Gasteiger partial charge >= 0.3 is 0 Å². The lowest BCUT2D eigenvalue weighted by atomic mass is 10.1. The molecule has 1 aliphatic heterocycles. The Bertz CT molecular complexity index is 1080. The summed E-state index contributed by atoms with van der Waals surface area (Å²) in [6.07, 6.45) is 0. The fourth-order valence-electron chi connectivity index (χ4n) is 3.29. The second kappa shape index (κ2) is 8.33. The van der Waals surface area contributed by atoms with Crippen LogP contribution < -0.4 is 5.73 Å². The number of nitrogens with zero attached hydrogens (tertiary/aromatic N) is 5. The van der Waals surface area contributed by atoms with Gasteiger partial charge in [-0.2, -0.15) is 0 Å². The summed E-state index contributed by atoms with van der Waals surface area (Å²) in [5.41, 5.74) is 8.42. The summed E-state index contributed by atoms with van der Waals surface area (Å²) in [7, 11) is 0. The summed E-state index contributed by atoms with van der Waals surface area (Å²) < 4.78 is 7.39. The quantitative estimate of drug-likeness (QED) is 0.460. The number of aromatic nitrogens is 2. The minimum atomic E-state index is 0.160. The van der Waals surface area contributed by atoms with E-state index >= 15 is 0 Å². The lowest BCUT2D eigenvalue weighted by molar-refractivity contribution is -0.0396. The van der Waals surface area contributed by atoms with Gasteiger partial charge in [-0.05, 0) is 50.2 Å². The molecule has 4 rings (SSSR count). The zero-order valence-electron chi connectivity index (χ0n) is 16.0. The Morgan fingerprint density at radius 3 is 2.48 bits per heavy atom. The molecule has 1 saturated heterocycles. The molecule has 0 spiro atoms. The normalized spacial score (nSPS) is 19.9. The van der Waals surface area contributed by atoms with Crippen molar-refractivity contribution in [2.24, 2.45) is 10.3 Å². The molecule has 2 N–H and O–H groups in total. The molecule has 1 aromatic heterocycles. The molecule has 0 aliphatic carbocycles. The third-order valence-electron chi connectivity index (χ3n) is 4.76. The van der Waals surface area contributed by atoms with Crippen LogP contribution in [0.3, 0.4) is 0 Å². The van der Waals surface area contributed by atoms with E-state index in [4.69, 9.17) is 15.5 Å². The van der Waals surface area contributed by atoms with Crippen LogP contribution in [0.15, 0.2) is 55.7 Å². The van der Waals surface area contributed by atoms with Crippen molar-refractivity contribution >= 4 is 54.3 Å². The van der Waals surface area contributed by atoms with Gasteiger partial charge in [0.05, 0.1) is 36.5 Å². The molecule has 2 unspecified atom stereocenters. The number of anilines is 1. The van der Waals surface area contributed by atoms with Crippen LogP contribution in [0.5, 0.6) is 0 Å². The van der Waals surface area contributed by atoms with Crippen LogP contribution in [-0.4, -0.2) is 40.3 Å². The van der Waals surface area contributed by atoms with Crippen LogP contribution in [0.2, 0.25) is 0 Å². The number of fused-ring (bicyclic) bond motifs is 1. The Kier molecular flexibility index (Phi) is 5.80. The van der Waals surface area contributed by atoms with Gasteiger partial charge in [0.15, 0.2) is 5.82 Å². The van der Waals surface area contributed by atoms with Crippen LogP contribution in [0.1, 0.15) is 13.8 Å². The van der Waals surface area contributed by atoms with Crippen molar-refractivity contribution in [2.45, 2.75) is 25.9 Å². The average Bonchev–Trinajstić information content (AvgIpc) is 2.69.